The summed E-state index contributed by atoms with van der Waals surface area (Å²) < 4.78 is 37.6. The highest BCUT2D eigenvalue weighted by atomic mass is 79.9. The van der Waals surface area contributed by atoms with Gasteiger partial charge in [-0.3, -0.25) is 9.69 Å². The van der Waals surface area contributed by atoms with E-state index in [9.17, 15) is 18.0 Å². The molecule has 0 aromatic carbocycles. The molecule has 0 aliphatic carbocycles. The van der Waals surface area contributed by atoms with Gasteiger partial charge in [0.1, 0.15) is 0 Å². The molecule has 19 heavy (non-hydrogen) atoms. The van der Waals surface area contributed by atoms with Crippen molar-refractivity contribution in [3.8, 4) is 0 Å². The smallest absolute Gasteiger partial charge is 0.336 e. The Bertz CT molecular complexity index is 455. The summed E-state index contributed by atoms with van der Waals surface area (Å²) in [5, 5.41) is 1.74. The van der Waals surface area contributed by atoms with Crippen LogP contribution in [0.4, 0.5) is 13.2 Å². The van der Waals surface area contributed by atoms with Crippen LogP contribution in [-0.2, 0) is 0 Å². The van der Waals surface area contributed by atoms with Crippen molar-refractivity contribution in [1.82, 2.24) is 9.80 Å². The highest BCUT2D eigenvalue weighted by Gasteiger charge is 2.33. The zero-order chi connectivity index (χ0) is 14.0. The van der Waals surface area contributed by atoms with Crippen LogP contribution in [0.3, 0.4) is 0 Å². The second kappa shape index (κ2) is 5.80. The van der Waals surface area contributed by atoms with Crippen molar-refractivity contribution in [2.75, 3.05) is 32.7 Å². The van der Waals surface area contributed by atoms with Crippen LogP contribution in [0.1, 0.15) is 10.4 Å². The van der Waals surface area contributed by atoms with Gasteiger partial charge in [0.15, 0.2) is 0 Å². The van der Waals surface area contributed by atoms with Crippen LogP contribution in [-0.4, -0.2) is 54.6 Å². The molecular formula is C11H12BrF3N2OS. The molecule has 3 nitrogen and oxygen atoms in total. The van der Waals surface area contributed by atoms with E-state index in [0.717, 1.165) is 3.79 Å². The lowest BCUT2D eigenvalue weighted by Gasteiger charge is -2.34. The molecule has 1 saturated heterocycles. The van der Waals surface area contributed by atoms with Crippen molar-refractivity contribution < 1.29 is 18.0 Å². The molecule has 0 N–H and O–H groups in total. The maximum atomic E-state index is 12.2. The monoisotopic (exact) mass is 356 g/mol. The zero-order valence-corrected chi connectivity index (χ0v) is 12.3. The molecular weight excluding hydrogens is 345 g/mol. The molecule has 1 aromatic rings. The fraction of sp³-hybridized carbons (Fsp3) is 0.545. The molecule has 1 fully saturated rings. The molecule has 106 valence electrons. The Balaban J connectivity index is 1.88. The molecule has 1 aliphatic rings. The average Bonchev–Trinajstić information content (AvgIpc) is 2.74. The van der Waals surface area contributed by atoms with Crippen LogP contribution in [0.5, 0.6) is 0 Å². The Hall–Kier alpha value is -0.600. The predicted octanol–water partition coefficient (Wildman–Crippen LogP) is 2.83. The molecule has 1 amide bonds. The fourth-order valence-electron chi connectivity index (χ4n) is 1.97. The van der Waals surface area contributed by atoms with Gasteiger partial charge in [0.25, 0.3) is 5.91 Å². The van der Waals surface area contributed by atoms with Gasteiger partial charge in [0.05, 0.1) is 15.9 Å². The first-order chi connectivity index (χ1) is 8.85. The molecule has 2 heterocycles. The maximum absolute atomic E-state index is 12.2. The molecule has 0 spiro atoms. The number of amides is 1. The minimum atomic E-state index is -4.18. The van der Waals surface area contributed by atoms with Crippen molar-refractivity contribution in [1.29, 1.82) is 0 Å². The number of carbonyl (C=O) groups excluding carboxylic acids is 1. The van der Waals surface area contributed by atoms with Gasteiger partial charge < -0.3 is 4.90 Å². The van der Waals surface area contributed by atoms with Crippen molar-refractivity contribution in [2.24, 2.45) is 0 Å². The zero-order valence-electron chi connectivity index (χ0n) is 9.91. The fourth-order valence-corrected chi connectivity index (χ4v) is 3.10. The second-order valence-electron chi connectivity index (χ2n) is 4.32. The number of thiophene rings is 1. The lowest BCUT2D eigenvalue weighted by atomic mass is 10.2. The van der Waals surface area contributed by atoms with Gasteiger partial charge in [-0.25, -0.2) is 0 Å². The first kappa shape index (κ1) is 14.8. The lowest BCUT2D eigenvalue weighted by molar-refractivity contribution is -0.148. The molecule has 1 aliphatic heterocycles. The van der Waals surface area contributed by atoms with Crippen LogP contribution < -0.4 is 0 Å². The maximum Gasteiger partial charge on any atom is 0.401 e. The number of alkyl halides is 3. The summed E-state index contributed by atoms with van der Waals surface area (Å²) in [6, 6.07) is 1.73. The lowest BCUT2D eigenvalue weighted by Crippen LogP contribution is -2.50. The highest BCUT2D eigenvalue weighted by Crippen LogP contribution is 2.23. The number of rotatable bonds is 2. The van der Waals surface area contributed by atoms with E-state index < -0.39 is 12.7 Å². The summed E-state index contributed by atoms with van der Waals surface area (Å²) >= 11 is 4.70. The van der Waals surface area contributed by atoms with E-state index in [2.05, 4.69) is 15.9 Å². The van der Waals surface area contributed by atoms with E-state index in [1.165, 1.54) is 16.2 Å². The summed E-state index contributed by atoms with van der Waals surface area (Å²) in [7, 11) is 0. The molecule has 0 bridgehead atoms. The number of piperazine rings is 1. The van der Waals surface area contributed by atoms with Crippen LogP contribution >= 0.6 is 27.3 Å². The number of carbonyl (C=O) groups is 1. The molecule has 8 heteroatoms. The quantitative estimate of drug-likeness (QED) is 0.813. The first-order valence-electron chi connectivity index (χ1n) is 5.67. The summed E-state index contributed by atoms with van der Waals surface area (Å²) in [4.78, 5) is 15.0. The molecule has 0 radical (unpaired) electrons. The van der Waals surface area contributed by atoms with Gasteiger partial charge in [-0.2, -0.15) is 13.2 Å². The average molecular weight is 357 g/mol. The third-order valence-corrected chi connectivity index (χ3v) is 4.38. The van der Waals surface area contributed by atoms with E-state index in [1.54, 1.807) is 16.3 Å². The third kappa shape index (κ3) is 4.19. The van der Waals surface area contributed by atoms with Gasteiger partial charge in [-0.05, 0) is 22.0 Å². The number of hydrogen-bond donors (Lipinski definition) is 0. The van der Waals surface area contributed by atoms with E-state index >= 15 is 0 Å². The normalized spacial score (nSPS) is 17.8. The summed E-state index contributed by atoms with van der Waals surface area (Å²) in [6.45, 7) is 0.289. The number of nitrogens with zero attached hydrogens (tertiary/aromatic N) is 2. The van der Waals surface area contributed by atoms with Gasteiger partial charge in [-0.15, -0.1) is 11.3 Å². The van der Waals surface area contributed by atoms with Gasteiger partial charge >= 0.3 is 6.18 Å². The molecule has 0 atom stereocenters. The topological polar surface area (TPSA) is 23.6 Å². The minimum absolute atomic E-state index is 0.117. The Morgan fingerprint density at radius 2 is 1.95 bits per heavy atom. The van der Waals surface area contributed by atoms with E-state index in [4.69, 9.17) is 0 Å². The van der Waals surface area contributed by atoms with Crippen molar-refractivity contribution in [3.63, 3.8) is 0 Å². The van der Waals surface area contributed by atoms with E-state index in [0.29, 0.717) is 18.7 Å². The SMILES string of the molecule is O=C(c1csc(Br)c1)N1CCN(CC(F)(F)F)CC1. The molecule has 0 saturated carbocycles. The first-order valence-corrected chi connectivity index (χ1v) is 7.35. The number of halogens is 4. The summed E-state index contributed by atoms with van der Waals surface area (Å²) in [5.41, 5.74) is 0.584. The summed E-state index contributed by atoms with van der Waals surface area (Å²) in [6.07, 6.45) is -4.18. The van der Waals surface area contributed by atoms with Crippen LogP contribution in [0.2, 0.25) is 0 Å². The molecule has 2 rings (SSSR count). The Kier molecular flexibility index (Phi) is 4.52. The van der Waals surface area contributed by atoms with Crippen molar-refractivity contribution in [3.05, 3.63) is 20.8 Å². The Morgan fingerprint density at radius 3 is 2.42 bits per heavy atom. The van der Waals surface area contributed by atoms with Crippen molar-refractivity contribution in [2.45, 2.75) is 6.18 Å². The van der Waals surface area contributed by atoms with Crippen molar-refractivity contribution >= 4 is 33.2 Å². The highest BCUT2D eigenvalue weighted by molar-refractivity contribution is 9.11. The van der Waals surface area contributed by atoms with Gasteiger partial charge in [0, 0.05) is 31.6 Å². The van der Waals surface area contributed by atoms with Crippen LogP contribution in [0, 0.1) is 0 Å². The Morgan fingerprint density at radius 1 is 1.32 bits per heavy atom. The predicted molar refractivity (Wildman–Crippen MR) is 70.4 cm³/mol. The van der Waals surface area contributed by atoms with Crippen LogP contribution in [0.25, 0.3) is 0 Å². The second-order valence-corrected chi connectivity index (χ2v) is 6.61. The Labute approximate surface area is 121 Å². The standard InChI is InChI=1S/C11H12BrF3N2OS/c12-9-5-8(6-19-9)10(18)17-3-1-16(2-4-17)7-11(13,14)15/h5-6H,1-4,7H2. The summed E-state index contributed by atoms with van der Waals surface area (Å²) in [5.74, 6) is -0.117. The van der Waals surface area contributed by atoms with E-state index in [1.807, 2.05) is 0 Å². The van der Waals surface area contributed by atoms with E-state index in [-0.39, 0.29) is 19.0 Å². The molecule has 0 unspecified atom stereocenters. The third-order valence-electron chi connectivity index (χ3n) is 2.88. The van der Waals surface area contributed by atoms with Crippen LogP contribution in [0.15, 0.2) is 15.2 Å². The van der Waals surface area contributed by atoms with Gasteiger partial charge in [0.2, 0.25) is 0 Å². The minimum Gasteiger partial charge on any atom is -0.336 e. The number of hydrogen-bond acceptors (Lipinski definition) is 3. The van der Waals surface area contributed by atoms with Gasteiger partial charge in [-0.1, -0.05) is 0 Å². The largest absolute Gasteiger partial charge is 0.401 e. The molecule has 1 aromatic heterocycles.